The van der Waals surface area contributed by atoms with Crippen molar-refractivity contribution < 1.29 is 0 Å². The molecule has 0 unspecified atom stereocenters. The number of nitrogens with zero attached hydrogens (tertiary/aromatic N) is 5. The van der Waals surface area contributed by atoms with E-state index in [4.69, 9.17) is 4.98 Å². The number of benzene rings is 11. The summed E-state index contributed by atoms with van der Waals surface area (Å²) in [5, 5.41) is 9.87. The van der Waals surface area contributed by atoms with Crippen LogP contribution in [0.5, 0.6) is 0 Å². The van der Waals surface area contributed by atoms with Crippen LogP contribution in [0, 0.1) is 0 Å². The van der Waals surface area contributed by atoms with Crippen LogP contribution in [0.25, 0.3) is 144 Å². The van der Waals surface area contributed by atoms with E-state index in [2.05, 4.69) is 291 Å². The van der Waals surface area contributed by atoms with E-state index in [0.717, 1.165) is 78.5 Å². The molecule has 5 aromatic heterocycles. The second kappa shape index (κ2) is 16.7. The minimum atomic E-state index is 0.884. The summed E-state index contributed by atoms with van der Waals surface area (Å²) in [7, 11) is 0. The van der Waals surface area contributed by atoms with Gasteiger partial charge in [-0.1, -0.05) is 170 Å². The summed E-state index contributed by atoms with van der Waals surface area (Å²) in [5.41, 5.74) is 19.7. The maximum atomic E-state index is 5.68. The van der Waals surface area contributed by atoms with Crippen LogP contribution >= 0.6 is 0 Å². The number of rotatable bonds is 7. The highest BCUT2D eigenvalue weighted by atomic mass is 15.0. The van der Waals surface area contributed by atoms with E-state index in [0.29, 0.717) is 0 Å². The van der Waals surface area contributed by atoms with Crippen LogP contribution in [0.15, 0.2) is 273 Å². The molecule has 0 aliphatic rings. The molecular formula is C71H45N5. The minimum absolute atomic E-state index is 0.884. The van der Waals surface area contributed by atoms with Gasteiger partial charge in [0.2, 0.25) is 0 Å². The summed E-state index contributed by atoms with van der Waals surface area (Å²) in [5.74, 6) is 0. The van der Waals surface area contributed by atoms with Crippen molar-refractivity contribution in [2.24, 2.45) is 0 Å². The van der Waals surface area contributed by atoms with Crippen LogP contribution < -0.4 is 0 Å². The van der Waals surface area contributed by atoms with Gasteiger partial charge in [0.25, 0.3) is 0 Å². The summed E-state index contributed by atoms with van der Waals surface area (Å²) < 4.78 is 9.61. The molecule has 0 aliphatic carbocycles. The van der Waals surface area contributed by atoms with Gasteiger partial charge < -0.3 is 18.3 Å². The molecule has 0 fully saturated rings. The molecule has 0 spiro atoms. The van der Waals surface area contributed by atoms with Crippen LogP contribution in [-0.2, 0) is 0 Å². The van der Waals surface area contributed by atoms with Gasteiger partial charge in [-0.15, -0.1) is 0 Å². The third kappa shape index (κ3) is 6.42. The minimum Gasteiger partial charge on any atom is -0.309 e. The Hall–Kier alpha value is -10.2. The fraction of sp³-hybridized carbons (Fsp3) is 0. The van der Waals surface area contributed by atoms with Gasteiger partial charge in [0.1, 0.15) is 0 Å². The van der Waals surface area contributed by atoms with E-state index < -0.39 is 0 Å². The first-order valence-electron chi connectivity index (χ1n) is 26.0. The van der Waals surface area contributed by atoms with Crippen molar-refractivity contribution in [3.8, 4) is 56.4 Å². The molecule has 11 aromatic carbocycles. The lowest BCUT2D eigenvalue weighted by Gasteiger charge is -2.17. The Bertz CT molecular complexity index is 4470. The van der Waals surface area contributed by atoms with Gasteiger partial charge in [-0.05, 0) is 114 Å². The zero-order chi connectivity index (χ0) is 49.8. The Kier molecular flexibility index (Phi) is 9.27. The van der Waals surface area contributed by atoms with Crippen LogP contribution in [0.3, 0.4) is 0 Å². The van der Waals surface area contributed by atoms with Gasteiger partial charge in [-0.2, -0.15) is 0 Å². The van der Waals surface area contributed by atoms with E-state index in [1.54, 1.807) is 0 Å². The number of hydrogen-bond acceptors (Lipinski definition) is 1. The molecule has 5 heteroatoms. The molecule has 76 heavy (non-hydrogen) atoms. The topological polar surface area (TPSA) is 32.6 Å². The number of para-hydroxylation sites is 8. The first kappa shape index (κ1) is 42.3. The molecule has 354 valence electrons. The molecule has 0 atom stereocenters. The van der Waals surface area contributed by atoms with Gasteiger partial charge in [0.15, 0.2) is 0 Å². The summed E-state index contributed by atoms with van der Waals surface area (Å²) >= 11 is 0. The number of fused-ring (bicyclic) bond motifs is 12. The zero-order valence-electron chi connectivity index (χ0n) is 41.2. The third-order valence-corrected chi connectivity index (χ3v) is 15.7. The molecule has 0 amide bonds. The Morgan fingerprint density at radius 1 is 0.184 bits per heavy atom. The second-order valence-electron chi connectivity index (χ2n) is 19.9. The number of hydrogen-bond donors (Lipinski definition) is 0. The second-order valence-corrected chi connectivity index (χ2v) is 19.9. The van der Waals surface area contributed by atoms with Crippen molar-refractivity contribution >= 4 is 87.2 Å². The number of pyridine rings is 1. The molecule has 0 saturated carbocycles. The Labute approximate surface area is 437 Å². The molecule has 0 saturated heterocycles. The van der Waals surface area contributed by atoms with E-state index in [1.165, 1.54) is 65.2 Å². The maximum Gasteiger partial charge on any atom is 0.0717 e. The van der Waals surface area contributed by atoms with Crippen LogP contribution in [0.4, 0.5) is 0 Å². The SMILES string of the molecule is c1ccc2c(c1)c1ccccc1n2-c1ccc(-c2cc(-c3ccc(-n4c5ccccc5c5ccccc54)cc3)nc(-c3cc(-n4c5ccccc5c5ccccc54)cc(-n4c5ccccc5c5ccccc54)c3)c2)cc1. The van der Waals surface area contributed by atoms with Crippen molar-refractivity contribution in [2.75, 3.05) is 0 Å². The van der Waals surface area contributed by atoms with E-state index >= 15 is 0 Å². The maximum absolute atomic E-state index is 5.68. The predicted octanol–water partition coefficient (Wildman–Crippen LogP) is 18.5. The van der Waals surface area contributed by atoms with Gasteiger partial charge in [-0.3, -0.25) is 0 Å². The van der Waals surface area contributed by atoms with Crippen molar-refractivity contribution in [1.82, 2.24) is 23.3 Å². The molecule has 0 radical (unpaired) electrons. The molecule has 16 aromatic rings. The van der Waals surface area contributed by atoms with Crippen molar-refractivity contribution in [1.29, 1.82) is 0 Å². The lowest BCUT2D eigenvalue weighted by atomic mass is 9.99. The zero-order valence-corrected chi connectivity index (χ0v) is 41.2. The Balaban J connectivity index is 0.924. The molecule has 16 rings (SSSR count). The monoisotopic (exact) mass is 967 g/mol. The van der Waals surface area contributed by atoms with Gasteiger partial charge in [0, 0.05) is 77.0 Å². The first-order chi connectivity index (χ1) is 37.7. The molecule has 0 aliphatic heterocycles. The Morgan fingerprint density at radius 3 is 0.737 bits per heavy atom. The molecule has 5 nitrogen and oxygen atoms in total. The number of aromatic nitrogens is 5. The summed E-state index contributed by atoms with van der Waals surface area (Å²) in [4.78, 5) is 5.68. The van der Waals surface area contributed by atoms with Crippen LogP contribution in [-0.4, -0.2) is 23.3 Å². The largest absolute Gasteiger partial charge is 0.309 e. The van der Waals surface area contributed by atoms with Crippen LogP contribution in [0.1, 0.15) is 0 Å². The molecule has 5 heterocycles. The van der Waals surface area contributed by atoms with Crippen molar-refractivity contribution in [2.45, 2.75) is 0 Å². The highest BCUT2D eigenvalue weighted by Crippen LogP contribution is 2.41. The lowest BCUT2D eigenvalue weighted by molar-refractivity contribution is 1.13. The molecular weight excluding hydrogens is 923 g/mol. The van der Waals surface area contributed by atoms with Gasteiger partial charge >= 0.3 is 0 Å². The highest BCUT2D eigenvalue weighted by molar-refractivity contribution is 6.12. The molecule has 0 bridgehead atoms. The van der Waals surface area contributed by atoms with Crippen molar-refractivity contribution in [3.63, 3.8) is 0 Å². The predicted molar refractivity (Wildman–Crippen MR) is 318 cm³/mol. The summed E-state index contributed by atoms with van der Waals surface area (Å²) in [6.45, 7) is 0. The van der Waals surface area contributed by atoms with E-state index in [1.807, 2.05) is 0 Å². The Morgan fingerprint density at radius 2 is 0.434 bits per heavy atom. The first-order valence-corrected chi connectivity index (χ1v) is 26.0. The smallest absolute Gasteiger partial charge is 0.0717 e. The normalized spacial score (nSPS) is 11.9. The van der Waals surface area contributed by atoms with Crippen molar-refractivity contribution in [3.05, 3.63) is 273 Å². The van der Waals surface area contributed by atoms with E-state index in [9.17, 15) is 0 Å². The summed E-state index contributed by atoms with van der Waals surface area (Å²) in [6, 6.07) is 99.4. The standard InChI is InChI=1S/C71H45N5/c1-9-25-64-54(17-1)55-18-2-10-26-65(55)73(64)50-37-33-46(34-38-50)48-43-62(47-35-39-51(40-36-47)74-66-27-11-3-19-56(66)57-20-4-12-28-67(57)74)72-63(44-48)49-41-52(75-68-29-13-5-21-58(68)59-22-6-14-30-69(59)75)45-53(42-49)76-70-31-15-7-23-60(70)61-24-8-16-32-71(61)76/h1-45H. The average Bonchev–Trinajstić information content (AvgIpc) is 4.23. The van der Waals surface area contributed by atoms with Gasteiger partial charge in [0.05, 0.1) is 55.5 Å². The molecule has 0 N–H and O–H groups in total. The average molecular weight is 968 g/mol. The summed E-state index contributed by atoms with van der Waals surface area (Å²) in [6.07, 6.45) is 0. The third-order valence-electron chi connectivity index (χ3n) is 15.7. The lowest BCUT2D eigenvalue weighted by Crippen LogP contribution is -2.01. The van der Waals surface area contributed by atoms with E-state index in [-0.39, 0.29) is 0 Å². The fourth-order valence-electron chi connectivity index (χ4n) is 12.4. The van der Waals surface area contributed by atoms with Gasteiger partial charge in [-0.25, -0.2) is 4.98 Å². The quantitative estimate of drug-likeness (QED) is 0.157. The highest BCUT2D eigenvalue weighted by Gasteiger charge is 2.20. The fourth-order valence-corrected chi connectivity index (χ4v) is 12.4. The van der Waals surface area contributed by atoms with Crippen LogP contribution in [0.2, 0.25) is 0 Å².